The number of hydrogen-bond donors (Lipinski definition) is 1. The van der Waals surface area contributed by atoms with Crippen LogP contribution in [0.15, 0.2) is 18.5 Å². The van der Waals surface area contributed by atoms with Crippen LogP contribution in [0.1, 0.15) is 37.6 Å². The maximum absolute atomic E-state index is 11.4. The van der Waals surface area contributed by atoms with Crippen molar-refractivity contribution in [2.45, 2.75) is 33.2 Å². The van der Waals surface area contributed by atoms with Gasteiger partial charge in [-0.25, -0.2) is 9.50 Å². The van der Waals surface area contributed by atoms with E-state index in [-0.39, 0.29) is 5.78 Å². The fourth-order valence-electron chi connectivity index (χ4n) is 1.55. The highest BCUT2D eigenvalue weighted by molar-refractivity contribution is 5.99. The summed E-state index contributed by atoms with van der Waals surface area (Å²) in [6.45, 7) is 5.72. The number of fused-ring (bicyclic) bond motifs is 1. The second-order valence-electron chi connectivity index (χ2n) is 4.15. The van der Waals surface area contributed by atoms with Crippen LogP contribution >= 0.6 is 0 Å². The van der Waals surface area contributed by atoms with Crippen LogP contribution in [0.5, 0.6) is 0 Å². The van der Waals surface area contributed by atoms with Gasteiger partial charge in [-0.15, -0.1) is 0 Å². The lowest BCUT2D eigenvalue weighted by Crippen LogP contribution is -2.14. The zero-order valence-electron chi connectivity index (χ0n) is 10.3. The average Bonchev–Trinajstić information content (AvgIpc) is 2.71. The van der Waals surface area contributed by atoms with Crippen LogP contribution in [-0.4, -0.2) is 26.4 Å². The molecular formula is C12H16N4O. The second kappa shape index (κ2) is 4.53. The molecule has 0 aromatic carbocycles. The normalized spacial score (nSPS) is 12.6. The van der Waals surface area contributed by atoms with Gasteiger partial charge < -0.3 is 5.32 Å². The molecule has 1 atom stereocenters. The molecule has 0 aliphatic rings. The van der Waals surface area contributed by atoms with E-state index in [9.17, 15) is 4.79 Å². The van der Waals surface area contributed by atoms with Gasteiger partial charge in [-0.2, -0.15) is 5.10 Å². The van der Waals surface area contributed by atoms with E-state index in [4.69, 9.17) is 0 Å². The molecule has 0 saturated heterocycles. The first-order valence-corrected chi connectivity index (χ1v) is 5.73. The minimum Gasteiger partial charge on any atom is -0.368 e. The third-order valence-corrected chi connectivity index (χ3v) is 2.76. The maximum atomic E-state index is 11.4. The van der Waals surface area contributed by atoms with Gasteiger partial charge in [-0.3, -0.25) is 4.79 Å². The fourth-order valence-corrected chi connectivity index (χ4v) is 1.55. The van der Waals surface area contributed by atoms with Crippen molar-refractivity contribution in [3.8, 4) is 0 Å². The molecule has 1 N–H and O–H groups in total. The molecule has 0 amide bonds. The summed E-state index contributed by atoms with van der Waals surface area (Å²) in [4.78, 5) is 15.8. The molecule has 5 heteroatoms. The van der Waals surface area contributed by atoms with Gasteiger partial charge >= 0.3 is 0 Å². The Morgan fingerprint density at radius 2 is 2.35 bits per heavy atom. The fraction of sp³-hybridized carbons (Fsp3) is 0.417. The quantitative estimate of drug-likeness (QED) is 0.820. The van der Waals surface area contributed by atoms with E-state index in [1.807, 2.05) is 6.07 Å². The van der Waals surface area contributed by atoms with Gasteiger partial charge in [0.25, 0.3) is 0 Å². The van der Waals surface area contributed by atoms with Crippen LogP contribution in [0.4, 0.5) is 5.82 Å². The van der Waals surface area contributed by atoms with Crippen molar-refractivity contribution in [1.29, 1.82) is 0 Å². The largest absolute Gasteiger partial charge is 0.368 e. The lowest BCUT2D eigenvalue weighted by Gasteiger charge is -2.11. The molecule has 0 spiro atoms. The molecule has 0 aliphatic heterocycles. The Labute approximate surface area is 99.9 Å². The van der Waals surface area contributed by atoms with Crippen LogP contribution in [0.25, 0.3) is 5.65 Å². The van der Waals surface area contributed by atoms with Gasteiger partial charge in [0.2, 0.25) is 0 Å². The highest BCUT2D eigenvalue weighted by atomic mass is 16.1. The average molecular weight is 232 g/mol. The number of Topliss-reactive ketones (excluding diaryl/α,β-unsaturated/α-hetero) is 1. The summed E-state index contributed by atoms with van der Waals surface area (Å²) >= 11 is 0. The Kier molecular flexibility index (Phi) is 3.08. The molecule has 17 heavy (non-hydrogen) atoms. The van der Waals surface area contributed by atoms with Crippen molar-refractivity contribution in [3.63, 3.8) is 0 Å². The lowest BCUT2D eigenvalue weighted by molar-refractivity contribution is 0.101. The van der Waals surface area contributed by atoms with Crippen molar-refractivity contribution in [1.82, 2.24) is 14.6 Å². The van der Waals surface area contributed by atoms with Crippen LogP contribution in [0, 0.1) is 0 Å². The predicted molar refractivity (Wildman–Crippen MR) is 66.4 cm³/mol. The molecule has 0 aliphatic carbocycles. The third kappa shape index (κ3) is 2.27. The molecule has 2 heterocycles. The predicted octanol–water partition coefficient (Wildman–Crippen LogP) is 2.14. The molecule has 0 saturated carbocycles. The molecule has 0 fully saturated rings. The van der Waals surface area contributed by atoms with E-state index in [1.54, 1.807) is 16.9 Å². The topological polar surface area (TPSA) is 59.3 Å². The Morgan fingerprint density at radius 1 is 1.59 bits per heavy atom. The summed E-state index contributed by atoms with van der Waals surface area (Å²) in [5.41, 5.74) is 1.16. The first kappa shape index (κ1) is 11.6. The van der Waals surface area contributed by atoms with Crippen LogP contribution < -0.4 is 5.32 Å². The monoisotopic (exact) mass is 232 g/mol. The number of hydrogen-bond acceptors (Lipinski definition) is 4. The number of nitrogens with one attached hydrogen (secondary N) is 1. The van der Waals surface area contributed by atoms with Crippen molar-refractivity contribution in [2.75, 3.05) is 5.32 Å². The summed E-state index contributed by atoms with van der Waals surface area (Å²) < 4.78 is 1.61. The molecule has 5 nitrogen and oxygen atoms in total. The van der Waals surface area contributed by atoms with Gasteiger partial charge in [-0.05, 0) is 26.3 Å². The van der Waals surface area contributed by atoms with Crippen molar-refractivity contribution in [3.05, 3.63) is 24.0 Å². The second-order valence-corrected chi connectivity index (χ2v) is 4.15. The van der Waals surface area contributed by atoms with Crippen molar-refractivity contribution >= 4 is 17.2 Å². The first-order chi connectivity index (χ1) is 8.11. The zero-order chi connectivity index (χ0) is 12.4. The molecule has 90 valence electrons. The van der Waals surface area contributed by atoms with E-state index >= 15 is 0 Å². The number of rotatable bonds is 4. The highest BCUT2D eigenvalue weighted by Crippen LogP contribution is 2.13. The van der Waals surface area contributed by atoms with E-state index in [0.717, 1.165) is 12.2 Å². The molecule has 2 aromatic heterocycles. The van der Waals surface area contributed by atoms with E-state index in [0.29, 0.717) is 17.3 Å². The summed E-state index contributed by atoms with van der Waals surface area (Å²) in [5, 5.41) is 7.36. The van der Waals surface area contributed by atoms with Crippen molar-refractivity contribution in [2.24, 2.45) is 0 Å². The zero-order valence-corrected chi connectivity index (χ0v) is 10.3. The minimum absolute atomic E-state index is 0.0202. The van der Waals surface area contributed by atoms with Gasteiger partial charge in [-0.1, -0.05) is 6.92 Å². The molecule has 0 radical (unpaired) electrons. The molecular weight excluding hydrogens is 216 g/mol. The Bertz CT molecular complexity index is 546. The smallest absolute Gasteiger partial charge is 0.168 e. The van der Waals surface area contributed by atoms with E-state index < -0.39 is 0 Å². The summed E-state index contributed by atoms with van der Waals surface area (Å²) in [5.74, 6) is 0.753. The van der Waals surface area contributed by atoms with Crippen LogP contribution in [-0.2, 0) is 0 Å². The maximum Gasteiger partial charge on any atom is 0.168 e. The standard InChI is InChI=1S/C12H16N4O/c1-4-8(2)14-11-5-6-16-12(15-11)10(7-13-16)9(3)17/h5-8H,4H2,1-3H3,(H,14,15)/t8-/m1/s1. The highest BCUT2D eigenvalue weighted by Gasteiger charge is 2.10. The number of carbonyl (C=O) groups excluding carboxylic acids is 1. The molecule has 0 bridgehead atoms. The lowest BCUT2D eigenvalue weighted by atomic mass is 10.2. The Morgan fingerprint density at radius 3 is 3.00 bits per heavy atom. The van der Waals surface area contributed by atoms with Gasteiger partial charge in [0, 0.05) is 12.2 Å². The van der Waals surface area contributed by atoms with E-state index in [1.165, 1.54) is 6.92 Å². The first-order valence-electron chi connectivity index (χ1n) is 5.73. The number of carbonyl (C=O) groups is 1. The third-order valence-electron chi connectivity index (χ3n) is 2.76. The molecule has 0 unspecified atom stereocenters. The number of nitrogens with zero attached hydrogens (tertiary/aromatic N) is 3. The SMILES string of the molecule is CC[C@@H](C)Nc1ccn2ncc(C(C)=O)c2n1. The van der Waals surface area contributed by atoms with E-state index in [2.05, 4.69) is 29.2 Å². The number of aromatic nitrogens is 3. The van der Waals surface area contributed by atoms with Gasteiger partial charge in [0.15, 0.2) is 11.4 Å². The number of anilines is 1. The van der Waals surface area contributed by atoms with Gasteiger partial charge in [0.1, 0.15) is 5.82 Å². The Hall–Kier alpha value is -1.91. The van der Waals surface area contributed by atoms with Crippen molar-refractivity contribution < 1.29 is 4.79 Å². The molecule has 2 aromatic rings. The molecule has 2 rings (SSSR count). The number of ketones is 1. The summed E-state index contributed by atoms with van der Waals surface area (Å²) in [7, 11) is 0. The van der Waals surface area contributed by atoms with Gasteiger partial charge in [0.05, 0.1) is 11.8 Å². The Balaban J connectivity index is 2.41. The summed E-state index contributed by atoms with van der Waals surface area (Å²) in [6.07, 6.45) is 4.38. The summed E-state index contributed by atoms with van der Waals surface area (Å²) in [6, 6.07) is 2.21. The van der Waals surface area contributed by atoms with Crippen LogP contribution in [0.3, 0.4) is 0 Å². The van der Waals surface area contributed by atoms with Crippen LogP contribution in [0.2, 0.25) is 0 Å². The minimum atomic E-state index is -0.0202.